The van der Waals surface area contributed by atoms with E-state index in [1.807, 2.05) is 0 Å². The van der Waals surface area contributed by atoms with Crippen LogP contribution in [0.1, 0.15) is 18.7 Å². The number of carboxylic acid groups (broad SMARTS) is 1. The van der Waals surface area contributed by atoms with E-state index in [1.165, 1.54) is 30.6 Å². The highest BCUT2D eigenvalue weighted by Crippen LogP contribution is 2.27. The number of aliphatic carboxylic acids is 1. The molecule has 1 N–H and O–H groups in total. The molecule has 9 nitrogen and oxygen atoms in total. The summed E-state index contributed by atoms with van der Waals surface area (Å²) in [7, 11) is -2.10. The number of ether oxygens (including phenoxy) is 1. The molecule has 25 heavy (non-hydrogen) atoms. The van der Waals surface area contributed by atoms with E-state index in [0.29, 0.717) is 24.4 Å². The average Bonchev–Trinajstić information content (AvgIpc) is 3.22. The zero-order valence-electron chi connectivity index (χ0n) is 13.6. The standard InChI is InChI=1S/C15H18N4O5S/c1-18-14(16-10-17-18)9-24-11-4-6-12(7-5-11)25(22,23)19-8-2-3-13(19)15(20)21/h4-7,10,13H,2-3,8-9H2,1H3,(H,20,21)/t13-/m1/s1. The van der Waals surface area contributed by atoms with Crippen LogP contribution < -0.4 is 4.74 Å². The second kappa shape index (κ2) is 6.81. The van der Waals surface area contributed by atoms with E-state index in [2.05, 4.69) is 10.1 Å². The van der Waals surface area contributed by atoms with E-state index in [4.69, 9.17) is 4.74 Å². The largest absolute Gasteiger partial charge is 0.486 e. The van der Waals surface area contributed by atoms with Gasteiger partial charge in [0.05, 0.1) is 4.90 Å². The molecule has 0 amide bonds. The molecule has 10 heteroatoms. The Balaban J connectivity index is 1.73. The lowest BCUT2D eigenvalue weighted by Crippen LogP contribution is -2.40. The molecule has 1 saturated heterocycles. The molecule has 1 aliphatic heterocycles. The van der Waals surface area contributed by atoms with Crippen LogP contribution >= 0.6 is 0 Å². The molecule has 0 aliphatic carbocycles. The van der Waals surface area contributed by atoms with E-state index in [0.717, 1.165) is 4.31 Å². The molecule has 1 atom stereocenters. The Morgan fingerprint density at radius 3 is 2.68 bits per heavy atom. The summed E-state index contributed by atoms with van der Waals surface area (Å²) in [5, 5.41) is 13.1. The molecule has 0 bridgehead atoms. The van der Waals surface area contributed by atoms with Gasteiger partial charge < -0.3 is 9.84 Å². The fourth-order valence-corrected chi connectivity index (χ4v) is 4.37. The quantitative estimate of drug-likeness (QED) is 0.797. The van der Waals surface area contributed by atoms with Crippen LogP contribution in [0, 0.1) is 0 Å². The molecule has 3 rings (SSSR count). The van der Waals surface area contributed by atoms with Crippen molar-refractivity contribution >= 4 is 16.0 Å². The topological polar surface area (TPSA) is 115 Å². The number of benzene rings is 1. The van der Waals surface area contributed by atoms with Gasteiger partial charge in [-0.2, -0.15) is 9.40 Å². The molecule has 0 unspecified atom stereocenters. The highest BCUT2D eigenvalue weighted by Gasteiger charge is 2.39. The summed E-state index contributed by atoms with van der Waals surface area (Å²) in [5.41, 5.74) is 0. The number of aryl methyl sites for hydroxylation is 1. The van der Waals surface area contributed by atoms with Crippen LogP contribution in [-0.2, 0) is 28.5 Å². The summed E-state index contributed by atoms with van der Waals surface area (Å²) in [6.07, 6.45) is 2.28. The number of carboxylic acids is 1. The molecule has 134 valence electrons. The Bertz CT molecular complexity index is 862. The molecule has 2 aromatic rings. The lowest BCUT2D eigenvalue weighted by Gasteiger charge is -2.21. The van der Waals surface area contributed by atoms with Crippen molar-refractivity contribution in [3.8, 4) is 5.75 Å². The zero-order chi connectivity index (χ0) is 18.0. The summed E-state index contributed by atoms with van der Waals surface area (Å²) in [6, 6.07) is 4.90. The number of aromatic nitrogens is 3. The molecule has 1 aromatic carbocycles. The van der Waals surface area contributed by atoms with Gasteiger partial charge in [-0.1, -0.05) is 0 Å². The van der Waals surface area contributed by atoms with Crippen LogP contribution in [0.4, 0.5) is 0 Å². The summed E-state index contributed by atoms with van der Waals surface area (Å²) < 4.78 is 33.5. The van der Waals surface area contributed by atoms with Crippen LogP contribution in [0.5, 0.6) is 5.75 Å². The van der Waals surface area contributed by atoms with Gasteiger partial charge in [-0.15, -0.1) is 0 Å². The van der Waals surface area contributed by atoms with Crippen LogP contribution in [0.3, 0.4) is 0 Å². The van der Waals surface area contributed by atoms with Crippen molar-refractivity contribution in [1.29, 1.82) is 0 Å². The lowest BCUT2D eigenvalue weighted by molar-refractivity contribution is -0.140. The van der Waals surface area contributed by atoms with Crippen molar-refractivity contribution in [2.24, 2.45) is 7.05 Å². The SMILES string of the molecule is Cn1ncnc1COc1ccc(S(=O)(=O)N2CCC[C@@H]2C(=O)O)cc1. The van der Waals surface area contributed by atoms with E-state index in [1.54, 1.807) is 11.7 Å². The van der Waals surface area contributed by atoms with Crippen molar-refractivity contribution in [2.45, 2.75) is 30.4 Å². The number of carbonyl (C=O) groups is 1. The van der Waals surface area contributed by atoms with Gasteiger partial charge in [0.1, 0.15) is 24.7 Å². The summed E-state index contributed by atoms with van der Waals surface area (Å²) in [5.74, 6) is 0.000858. The van der Waals surface area contributed by atoms with Crippen LogP contribution in [0.25, 0.3) is 0 Å². The van der Waals surface area contributed by atoms with Crippen molar-refractivity contribution in [3.63, 3.8) is 0 Å². The summed E-state index contributed by atoms with van der Waals surface area (Å²) >= 11 is 0. The highest BCUT2D eigenvalue weighted by molar-refractivity contribution is 7.89. The number of hydrogen-bond donors (Lipinski definition) is 1. The third kappa shape index (κ3) is 3.49. The predicted octanol–water partition coefficient (Wildman–Crippen LogP) is 0.632. The Morgan fingerprint density at radius 2 is 2.08 bits per heavy atom. The second-order valence-corrected chi connectivity index (χ2v) is 7.56. The molecular weight excluding hydrogens is 348 g/mol. The van der Waals surface area contributed by atoms with Crippen LogP contribution in [0.15, 0.2) is 35.5 Å². The van der Waals surface area contributed by atoms with Gasteiger partial charge in [0, 0.05) is 13.6 Å². The van der Waals surface area contributed by atoms with Gasteiger partial charge in [-0.3, -0.25) is 9.48 Å². The van der Waals surface area contributed by atoms with Gasteiger partial charge >= 0.3 is 5.97 Å². The minimum Gasteiger partial charge on any atom is -0.486 e. The fourth-order valence-electron chi connectivity index (χ4n) is 2.72. The second-order valence-electron chi connectivity index (χ2n) is 5.67. The first-order valence-electron chi connectivity index (χ1n) is 7.70. The van der Waals surface area contributed by atoms with E-state index < -0.39 is 22.0 Å². The Morgan fingerprint density at radius 1 is 1.36 bits per heavy atom. The van der Waals surface area contributed by atoms with Gasteiger partial charge in [0.2, 0.25) is 10.0 Å². The molecule has 1 aromatic heterocycles. The van der Waals surface area contributed by atoms with E-state index >= 15 is 0 Å². The molecule has 1 fully saturated rings. The number of hydrogen-bond acceptors (Lipinski definition) is 6. The maximum atomic E-state index is 12.7. The maximum absolute atomic E-state index is 12.7. The third-order valence-electron chi connectivity index (χ3n) is 4.09. The lowest BCUT2D eigenvalue weighted by atomic mass is 10.2. The van der Waals surface area contributed by atoms with Crippen molar-refractivity contribution in [3.05, 3.63) is 36.4 Å². The van der Waals surface area contributed by atoms with E-state index in [-0.39, 0.29) is 18.0 Å². The van der Waals surface area contributed by atoms with Gasteiger partial charge in [0.15, 0.2) is 5.82 Å². The van der Waals surface area contributed by atoms with Crippen molar-refractivity contribution in [1.82, 2.24) is 19.1 Å². The minimum absolute atomic E-state index is 0.0478. The molecule has 1 aliphatic rings. The maximum Gasteiger partial charge on any atom is 0.322 e. The van der Waals surface area contributed by atoms with Crippen LogP contribution in [0.2, 0.25) is 0 Å². The van der Waals surface area contributed by atoms with E-state index in [9.17, 15) is 18.3 Å². The third-order valence-corrected chi connectivity index (χ3v) is 6.01. The summed E-state index contributed by atoms with van der Waals surface area (Å²) in [6.45, 7) is 0.416. The first-order valence-corrected chi connectivity index (χ1v) is 9.14. The smallest absolute Gasteiger partial charge is 0.322 e. The predicted molar refractivity (Wildman–Crippen MR) is 86.3 cm³/mol. The van der Waals surface area contributed by atoms with Gasteiger partial charge in [0.25, 0.3) is 0 Å². The number of nitrogens with zero attached hydrogens (tertiary/aromatic N) is 4. The Labute approximate surface area is 144 Å². The Hall–Kier alpha value is -2.46. The first kappa shape index (κ1) is 17.4. The molecule has 0 saturated carbocycles. The van der Waals surface area contributed by atoms with Gasteiger partial charge in [-0.05, 0) is 37.1 Å². The fraction of sp³-hybridized carbons (Fsp3) is 0.400. The zero-order valence-corrected chi connectivity index (χ0v) is 14.4. The number of sulfonamides is 1. The molecule has 0 radical (unpaired) electrons. The molecule has 0 spiro atoms. The molecular formula is C15H18N4O5S. The number of rotatable bonds is 6. The highest BCUT2D eigenvalue weighted by atomic mass is 32.2. The summed E-state index contributed by atoms with van der Waals surface area (Å²) in [4.78, 5) is 15.3. The molecule has 2 heterocycles. The average molecular weight is 366 g/mol. The van der Waals surface area contributed by atoms with Crippen LogP contribution in [-0.4, -0.2) is 51.1 Å². The first-order chi connectivity index (χ1) is 11.9. The van der Waals surface area contributed by atoms with Crippen molar-refractivity contribution < 1.29 is 23.1 Å². The minimum atomic E-state index is -3.84. The van der Waals surface area contributed by atoms with Crippen molar-refractivity contribution in [2.75, 3.05) is 6.54 Å². The normalized spacial score (nSPS) is 18.4. The van der Waals surface area contributed by atoms with Gasteiger partial charge in [-0.25, -0.2) is 13.4 Å². The monoisotopic (exact) mass is 366 g/mol. The Kier molecular flexibility index (Phi) is 4.73.